The van der Waals surface area contributed by atoms with Crippen LogP contribution in [-0.2, 0) is 0 Å². The van der Waals surface area contributed by atoms with E-state index in [0.717, 1.165) is 5.92 Å². The minimum absolute atomic E-state index is 0.713. The van der Waals surface area contributed by atoms with Gasteiger partial charge < -0.3 is 0 Å². The summed E-state index contributed by atoms with van der Waals surface area (Å²) < 4.78 is 0. The van der Waals surface area contributed by atoms with Gasteiger partial charge in [0, 0.05) is 5.92 Å². The molecule has 0 N–H and O–H groups in total. The molecular formula is C25H24P+. The molecule has 0 amide bonds. The molecule has 3 atom stereocenters. The van der Waals surface area contributed by atoms with Gasteiger partial charge in [-0.25, -0.2) is 0 Å². The highest BCUT2D eigenvalue weighted by Gasteiger charge is 2.58. The van der Waals surface area contributed by atoms with E-state index in [2.05, 4.69) is 103 Å². The van der Waals surface area contributed by atoms with Crippen LogP contribution in [-0.4, -0.2) is 5.66 Å². The molecule has 0 radical (unpaired) electrons. The molecule has 1 fully saturated rings. The van der Waals surface area contributed by atoms with Gasteiger partial charge in [0.05, 0.1) is 5.66 Å². The van der Waals surface area contributed by atoms with Gasteiger partial charge in [0.15, 0.2) is 0 Å². The Balaban J connectivity index is 1.82. The minimum Gasteiger partial charge on any atom is -0.0848 e. The number of allylic oxidation sites excluding steroid dienone is 2. The van der Waals surface area contributed by atoms with Crippen LogP contribution in [0.2, 0.25) is 0 Å². The van der Waals surface area contributed by atoms with E-state index in [1.54, 1.807) is 0 Å². The van der Waals surface area contributed by atoms with E-state index in [-0.39, 0.29) is 0 Å². The molecule has 3 aromatic carbocycles. The zero-order valence-corrected chi connectivity index (χ0v) is 15.8. The quantitative estimate of drug-likeness (QED) is 0.459. The zero-order valence-electron chi connectivity index (χ0n) is 14.9. The fraction of sp³-hybridized carbons (Fsp3) is 0.200. The fourth-order valence-electron chi connectivity index (χ4n) is 5.21. The third-order valence-corrected chi connectivity index (χ3v) is 11.2. The monoisotopic (exact) mass is 355 g/mol. The van der Waals surface area contributed by atoms with Crippen LogP contribution in [0.3, 0.4) is 0 Å². The van der Waals surface area contributed by atoms with Gasteiger partial charge in [-0.2, -0.15) is 0 Å². The Labute approximate surface area is 156 Å². The third kappa shape index (κ3) is 2.40. The Morgan fingerprint density at radius 2 is 1.00 bits per heavy atom. The van der Waals surface area contributed by atoms with Crippen molar-refractivity contribution >= 4 is 23.2 Å². The highest BCUT2D eigenvalue weighted by molar-refractivity contribution is 7.96. The Kier molecular flexibility index (Phi) is 4.03. The molecule has 0 saturated heterocycles. The van der Waals surface area contributed by atoms with Crippen molar-refractivity contribution in [3.05, 3.63) is 103 Å². The van der Waals surface area contributed by atoms with Gasteiger partial charge in [0.25, 0.3) is 0 Å². The number of hydrogen-bond donors (Lipinski definition) is 0. The number of hydrogen-bond acceptors (Lipinski definition) is 0. The average Bonchev–Trinajstić information content (AvgIpc) is 3.35. The molecular weight excluding hydrogens is 331 g/mol. The summed E-state index contributed by atoms with van der Waals surface area (Å²) >= 11 is 0. The van der Waals surface area contributed by atoms with Crippen LogP contribution in [0.5, 0.6) is 0 Å². The Bertz CT molecular complexity index is 802. The molecule has 3 aromatic rings. The molecule has 0 aromatic heterocycles. The fourth-order valence-corrected chi connectivity index (χ4v) is 10.6. The predicted molar refractivity (Wildman–Crippen MR) is 114 cm³/mol. The van der Waals surface area contributed by atoms with Crippen LogP contribution in [0.4, 0.5) is 0 Å². The lowest BCUT2D eigenvalue weighted by molar-refractivity contribution is 0.692. The maximum Gasteiger partial charge on any atom is 0.115 e. The van der Waals surface area contributed by atoms with E-state index < -0.39 is 7.26 Å². The smallest absolute Gasteiger partial charge is 0.0848 e. The van der Waals surface area contributed by atoms with Gasteiger partial charge in [-0.3, -0.25) is 0 Å². The molecule has 1 saturated carbocycles. The maximum absolute atomic E-state index is 2.52. The van der Waals surface area contributed by atoms with Crippen LogP contribution in [0.15, 0.2) is 103 Å². The summed E-state index contributed by atoms with van der Waals surface area (Å²) in [4.78, 5) is 0. The highest BCUT2D eigenvalue weighted by atomic mass is 31.2. The van der Waals surface area contributed by atoms with Gasteiger partial charge in [0.2, 0.25) is 0 Å². The molecule has 1 unspecified atom stereocenters. The molecule has 0 heterocycles. The molecule has 0 aliphatic heterocycles. The van der Waals surface area contributed by atoms with E-state index >= 15 is 0 Å². The summed E-state index contributed by atoms with van der Waals surface area (Å²) in [5, 5.41) is 4.59. The van der Waals surface area contributed by atoms with Crippen LogP contribution in [0, 0.1) is 11.8 Å². The van der Waals surface area contributed by atoms with Crippen molar-refractivity contribution in [2.45, 2.75) is 18.5 Å². The second-order valence-corrected chi connectivity index (χ2v) is 11.2. The van der Waals surface area contributed by atoms with Crippen LogP contribution >= 0.6 is 7.26 Å². The van der Waals surface area contributed by atoms with Gasteiger partial charge in [0.1, 0.15) is 23.2 Å². The number of rotatable bonds is 4. The largest absolute Gasteiger partial charge is 0.115 e. The average molecular weight is 355 g/mol. The SMILES string of the molecule is C1=C[C@H]2C[C@@H]1CC2[P+](c1ccccc1)(c1ccccc1)c1ccccc1. The number of benzene rings is 3. The topological polar surface area (TPSA) is 0 Å². The summed E-state index contributed by atoms with van der Waals surface area (Å²) in [6.07, 6.45) is 7.66. The van der Waals surface area contributed by atoms with Crippen molar-refractivity contribution in [1.29, 1.82) is 0 Å². The second-order valence-electron chi connectivity index (χ2n) is 7.58. The first-order valence-electron chi connectivity index (χ1n) is 9.63. The first kappa shape index (κ1) is 16.0. The van der Waals surface area contributed by atoms with E-state index in [9.17, 15) is 0 Å². The van der Waals surface area contributed by atoms with Crippen LogP contribution < -0.4 is 15.9 Å². The molecule has 26 heavy (non-hydrogen) atoms. The van der Waals surface area contributed by atoms with Crippen molar-refractivity contribution in [3.63, 3.8) is 0 Å². The summed E-state index contributed by atoms with van der Waals surface area (Å²) in [7, 11) is -1.69. The predicted octanol–water partition coefficient (Wildman–Crippen LogP) is 4.95. The minimum atomic E-state index is -1.69. The van der Waals surface area contributed by atoms with E-state index in [0.29, 0.717) is 11.6 Å². The molecule has 1 heteroatoms. The lowest BCUT2D eigenvalue weighted by atomic mass is 10.1. The molecule has 2 aliphatic carbocycles. The molecule has 2 bridgehead atoms. The van der Waals surface area contributed by atoms with Crippen molar-refractivity contribution in [3.8, 4) is 0 Å². The summed E-state index contributed by atoms with van der Waals surface area (Å²) in [6.45, 7) is 0. The van der Waals surface area contributed by atoms with Crippen molar-refractivity contribution < 1.29 is 0 Å². The van der Waals surface area contributed by atoms with Crippen LogP contribution in [0.25, 0.3) is 0 Å². The summed E-state index contributed by atoms with van der Waals surface area (Å²) in [5.74, 6) is 1.49. The maximum atomic E-state index is 2.52. The molecule has 0 spiro atoms. The van der Waals surface area contributed by atoms with E-state index in [1.807, 2.05) is 0 Å². The standard InChI is InChI=1S/C25H24P/c1-4-10-22(11-5-1)26(23-12-6-2-7-13-23,24-14-8-3-9-15-24)25-19-20-16-17-21(25)18-20/h1-17,20-21,25H,18-19H2/q+1/t20-,21+,25?/m1/s1. The van der Waals surface area contributed by atoms with Gasteiger partial charge >= 0.3 is 0 Å². The highest BCUT2D eigenvalue weighted by Crippen LogP contribution is 2.67. The zero-order chi connectivity index (χ0) is 17.4. The normalized spacial score (nSPS) is 24.1. The Hall–Kier alpha value is -2.17. The second kappa shape index (κ2) is 6.53. The van der Waals surface area contributed by atoms with Gasteiger partial charge in [-0.1, -0.05) is 66.7 Å². The Morgan fingerprint density at radius 1 is 0.538 bits per heavy atom. The first-order valence-corrected chi connectivity index (χ1v) is 11.5. The van der Waals surface area contributed by atoms with Gasteiger partial charge in [-0.15, -0.1) is 0 Å². The molecule has 128 valence electrons. The lowest BCUT2D eigenvalue weighted by Gasteiger charge is -2.36. The third-order valence-electron chi connectivity index (χ3n) is 6.23. The van der Waals surface area contributed by atoms with Gasteiger partial charge in [-0.05, 0) is 55.2 Å². The summed E-state index contributed by atoms with van der Waals surface area (Å²) in [5.41, 5.74) is 0.713. The molecule has 5 rings (SSSR count). The van der Waals surface area contributed by atoms with Crippen molar-refractivity contribution in [1.82, 2.24) is 0 Å². The number of fused-ring (bicyclic) bond motifs is 2. The first-order chi connectivity index (χ1) is 12.9. The van der Waals surface area contributed by atoms with E-state index in [1.165, 1.54) is 28.8 Å². The van der Waals surface area contributed by atoms with Crippen molar-refractivity contribution in [2.24, 2.45) is 11.8 Å². The van der Waals surface area contributed by atoms with Crippen LogP contribution in [0.1, 0.15) is 12.8 Å². The molecule has 2 aliphatic rings. The molecule has 0 nitrogen and oxygen atoms in total. The Morgan fingerprint density at radius 3 is 1.35 bits per heavy atom. The van der Waals surface area contributed by atoms with Crippen molar-refractivity contribution in [2.75, 3.05) is 0 Å². The lowest BCUT2D eigenvalue weighted by Crippen LogP contribution is -2.40. The summed E-state index contributed by atoms with van der Waals surface area (Å²) in [6, 6.07) is 34.0. The van der Waals surface area contributed by atoms with E-state index in [4.69, 9.17) is 0 Å².